The van der Waals surface area contributed by atoms with Gasteiger partial charge in [-0.25, -0.2) is 0 Å². The van der Waals surface area contributed by atoms with E-state index in [-0.39, 0.29) is 30.2 Å². The van der Waals surface area contributed by atoms with Crippen molar-refractivity contribution in [3.63, 3.8) is 0 Å². The zero-order valence-corrected chi connectivity index (χ0v) is 21.1. The molecule has 1 aliphatic rings. The van der Waals surface area contributed by atoms with E-state index >= 15 is 0 Å². The van der Waals surface area contributed by atoms with Crippen LogP contribution in [-0.4, -0.2) is 42.6 Å². The Bertz CT molecular complexity index is 1020. The Labute approximate surface area is 202 Å². The first-order chi connectivity index (χ1) is 16.2. The van der Waals surface area contributed by atoms with Gasteiger partial charge in [0.15, 0.2) is 0 Å². The number of carbonyl (C=O) groups excluding carboxylic acids is 2. The molecule has 1 aliphatic heterocycles. The smallest absolute Gasteiger partial charge is 0.278 e. The molecule has 3 rings (SSSR count). The zero-order chi connectivity index (χ0) is 24.8. The molecule has 0 saturated carbocycles. The molecule has 0 aromatic heterocycles. The molecule has 0 bridgehead atoms. The summed E-state index contributed by atoms with van der Waals surface area (Å²) in [6, 6.07) is 15.3. The molecule has 182 valence electrons. The summed E-state index contributed by atoms with van der Waals surface area (Å²) < 4.78 is 11.4. The highest BCUT2D eigenvalue weighted by atomic mass is 16.5. The van der Waals surface area contributed by atoms with Crippen molar-refractivity contribution in [1.82, 2.24) is 4.90 Å². The Kier molecular flexibility index (Phi) is 8.51. The van der Waals surface area contributed by atoms with E-state index in [9.17, 15) is 9.59 Å². The van der Waals surface area contributed by atoms with Crippen LogP contribution < -0.4 is 10.1 Å². The molecule has 0 fully saturated rings. The van der Waals surface area contributed by atoms with Crippen LogP contribution in [0.2, 0.25) is 0 Å². The quantitative estimate of drug-likeness (QED) is 0.447. The Balaban J connectivity index is 1.90. The molecule has 6 heteroatoms. The van der Waals surface area contributed by atoms with Crippen molar-refractivity contribution in [2.45, 2.75) is 53.6 Å². The fourth-order valence-electron chi connectivity index (χ4n) is 3.62. The summed E-state index contributed by atoms with van der Waals surface area (Å²) in [4.78, 5) is 27.9. The number of benzene rings is 2. The highest BCUT2D eigenvalue weighted by Crippen LogP contribution is 2.31. The maximum Gasteiger partial charge on any atom is 0.278 e. The summed E-state index contributed by atoms with van der Waals surface area (Å²) in [7, 11) is 0. The molecule has 0 saturated heterocycles. The lowest BCUT2D eigenvalue weighted by molar-refractivity contribution is -0.137. The fraction of sp³-hybridized carbons (Fsp3) is 0.429. The van der Waals surface area contributed by atoms with Gasteiger partial charge in [0.25, 0.3) is 11.8 Å². The average Bonchev–Trinajstić information content (AvgIpc) is 3.02. The molecule has 0 spiro atoms. The number of amides is 2. The van der Waals surface area contributed by atoms with Crippen molar-refractivity contribution in [3.8, 4) is 5.75 Å². The van der Waals surface area contributed by atoms with E-state index in [1.54, 1.807) is 0 Å². The number of nitrogens with zero attached hydrogens (tertiary/aromatic N) is 1. The third-order valence-electron chi connectivity index (χ3n) is 5.51. The van der Waals surface area contributed by atoms with Crippen molar-refractivity contribution in [3.05, 3.63) is 65.4 Å². The highest BCUT2D eigenvalue weighted by Gasteiger charge is 2.39. The van der Waals surface area contributed by atoms with E-state index in [0.29, 0.717) is 36.2 Å². The van der Waals surface area contributed by atoms with Crippen LogP contribution in [0.25, 0.3) is 5.57 Å². The molecule has 0 aliphatic carbocycles. The Morgan fingerprint density at radius 2 is 1.50 bits per heavy atom. The maximum atomic E-state index is 13.4. The number of ether oxygens (including phenoxy) is 2. The van der Waals surface area contributed by atoms with Gasteiger partial charge >= 0.3 is 0 Å². The molecule has 2 aromatic carbocycles. The van der Waals surface area contributed by atoms with Gasteiger partial charge in [-0.2, -0.15) is 0 Å². The standard InChI is InChI=1S/C28H36N2O4/c1-18(2)17-34-24-13-9-22(10-14-24)25-26(29-23-11-7-21(8-12-23)19(3)4)28(32)30(27(25)31)15-16-33-20(5)6/h7-14,18-20,29H,15-17H2,1-6H3. The average molecular weight is 465 g/mol. The summed E-state index contributed by atoms with van der Waals surface area (Å²) in [5.41, 5.74) is 3.28. The monoisotopic (exact) mass is 464 g/mol. The molecule has 0 radical (unpaired) electrons. The number of anilines is 1. The second-order valence-corrected chi connectivity index (χ2v) is 9.56. The number of rotatable bonds is 11. The van der Waals surface area contributed by atoms with Crippen molar-refractivity contribution in [2.75, 3.05) is 25.1 Å². The molecular weight excluding hydrogens is 428 g/mol. The molecular formula is C28H36N2O4. The summed E-state index contributed by atoms with van der Waals surface area (Å²) in [5.74, 6) is 0.882. The number of hydrogen-bond donors (Lipinski definition) is 1. The van der Waals surface area contributed by atoms with Crippen LogP contribution in [-0.2, 0) is 14.3 Å². The lowest BCUT2D eigenvalue weighted by atomic mass is 10.0. The van der Waals surface area contributed by atoms with E-state index in [2.05, 4.69) is 33.0 Å². The topological polar surface area (TPSA) is 67.9 Å². The number of carbonyl (C=O) groups is 2. The molecule has 34 heavy (non-hydrogen) atoms. The van der Waals surface area contributed by atoms with Crippen LogP contribution in [0.1, 0.15) is 58.6 Å². The molecule has 6 nitrogen and oxygen atoms in total. The molecule has 0 unspecified atom stereocenters. The molecule has 0 atom stereocenters. The predicted molar refractivity (Wildman–Crippen MR) is 136 cm³/mol. The number of hydrogen-bond acceptors (Lipinski definition) is 5. The van der Waals surface area contributed by atoms with E-state index in [1.165, 1.54) is 10.5 Å². The first-order valence-corrected chi connectivity index (χ1v) is 12.0. The van der Waals surface area contributed by atoms with Gasteiger partial charge in [-0.3, -0.25) is 14.5 Å². The molecule has 1 N–H and O–H groups in total. The first-order valence-electron chi connectivity index (χ1n) is 12.0. The van der Waals surface area contributed by atoms with Crippen LogP contribution in [0, 0.1) is 5.92 Å². The maximum absolute atomic E-state index is 13.4. The van der Waals surface area contributed by atoms with E-state index in [0.717, 1.165) is 11.4 Å². The summed E-state index contributed by atoms with van der Waals surface area (Å²) in [6.45, 7) is 13.4. The van der Waals surface area contributed by atoms with Gasteiger partial charge in [0, 0.05) is 5.69 Å². The van der Waals surface area contributed by atoms with Gasteiger partial charge in [-0.15, -0.1) is 0 Å². The van der Waals surface area contributed by atoms with Crippen LogP contribution >= 0.6 is 0 Å². The summed E-state index contributed by atoms with van der Waals surface area (Å²) in [6.07, 6.45) is 0.0238. The molecule has 1 heterocycles. The number of imide groups is 1. The second-order valence-electron chi connectivity index (χ2n) is 9.56. The third-order valence-corrected chi connectivity index (χ3v) is 5.51. The minimum Gasteiger partial charge on any atom is -0.493 e. The number of nitrogens with one attached hydrogen (secondary N) is 1. The van der Waals surface area contributed by atoms with Crippen molar-refractivity contribution in [2.24, 2.45) is 5.92 Å². The van der Waals surface area contributed by atoms with Gasteiger partial charge in [0.2, 0.25) is 0 Å². The minimum absolute atomic E-state index is 0.0238. The fourth-order valence-corrected chi connectivity index (χ4v) is 3.62. The van der Waals surface area contributed by atoms with E-state index in [4.69, 9.17) is 9.47 Å². The lowest BCUT2D eigenvalue weighted by Crippen LogP contribution is -2.35. The Morgan fingerprint density at radius 3 is 2.06 bits per heavy atom. The van der Waals surface area contributed by atoms with Crippen LogP contribution in [0.4, 0.5) is 5.69 Å². The zero-order valence-electron chi connectivity index (χ0n) is 21.1. The molecule has 2 amide bonds. The Hall–Kier alpha value is -3.12. The van der Waals surface area contributed by atoms with Gasteiger partial charge in [0.1, 0.15) is 11.4 Å². The third kappa shape index (κ3) is 6.26. The SMILES string of the molecule is CC(C)COc1ccc(C2=C(Nc3ccc(C(C)C)cc3)C(=O)N(CCOC(C)C)C2=O)cc1. The lowest BCUT2D eigenvalue weighted by Gasteiger charge is -2.16. The summed E-state index contributed by atoms with van der Waals surface area (Å²) >= 11 is 0. The van der Waals surface area contributed by atoms with Crippen molar-refractivity contribution < 1.29 is 19.1 Å². The first kappa shape index (κ1) is 25.5. The predicted octanol–water partition coefficient (Wildman–Crippen LogP) is 5.46. The van der Waals surface area contributed by atoms with Crippen molar-refractivity contribution >= 4 is 23.1 Å². The van der Waals surface area contributed by atoms with Crippen LogP contribution in [0.15, 0.2) is 54.2 Å². The summed E-state index contributed by atoms with van der Waals surface area (Å²) in [5, 5.41) is 3.22. The normalized spacial score (nSPS) is 14.2. The van der Waals surface area contributed by atoms with Gasteiger partial charge in [0.05, 0.1) is 31.4 Å². The van der Waals surface area contributed by atoms with E-state index < -0.39 is 0 Å². The highest BCUT2D eigenvalue weighted by molar-refractivity contribution is 6.36. The van der Waals surface area contributed by atoms with E-state index in [1.807, 2.05) is 62.4 Å². The van der Waals surface area contributed by atoms with Crippen LogP contribution in [0.5, 0.6) is 5.75 Å². The Morgan fingerprint density at radius 1 is 0.853 bits per heavy atom. The van der Waals surface area contributed by atoms with Crippen LogP contribution in [0.3, 0.4) is 0 Å². The van der Waals surface area contributed by atoms with Gasteiger partial charge in [-0.1, -0.05) is 52.0 Å². The molecule has 2 aromatic rings. The van der Waals surface area contributed by atoms with Gasteiger partial charge < -0.3 is 14.8 Å². The minimum atomic E-state index is -0.347. The second kappa shape index (κ2) is 11.3. The largest absolute Gasteiger partial charge is 0.493 e. The van der Waals surface area contributed by atoms with Gasteiger partial charge in [-0.05, 0) is 61.1 Å². The van der Waals surface area contributed by atoms with Crippen molar-refractivity contribution in [1.29, 1.82) is 0 Å².